The van der Waals surface area contributed by atoms with Gasteiger partial charge in [-0.3, -0.25) is 4.79 Å². The van der Waals surface area contributed by atoms with E-state index in [1.165, 1.54) is 12.1 Å². The van der Waals surface area contributed by atoms with Gasteiger partial charge in [-0.25, -0.2) is 0 Å². The first-order valence-electron chi connectivity index (χ1n) is 7.43. The second-order valence-electron chi connectivity index (χ2n) is 5.23. The highest BCUT2D eigenvalue weighted by Crippen LogP contribution is 2.30. The molecule has 132 valence electrons. The Morgan fingerprint density at radius 3 is 2.40 bits per heavy atom. The van der Waals surface area contributed by atoms with Gasteiger partial charge in [-0.2, -0.15) is 0 Å². The van der Waals surface area contributed by atoms with E-state index in [2.05, 4.69) is 10.1 Å². The topological polar surface area (TPSA) is 56.8 Å². The minimum absolute atomic E-state index is 0.229. The molecule has 0 saturated heterocycles. The smallest absolute Gasteiger partial charge is 0.486 e. The highest BCUT2D eigenvalue weighted by molar-refractivity contribution is 5.94. The maximum absolute atomic E-state index is 12.1. The Bertz CT molecular complexity index is 759. The molecule has 1 amide bonds. The number of fused-ring (bicyclic) bond motifs is 1. The summed E-state index contributed by atoms with van der Waals surface area (Å²) in [7, 11) is 0. The van der Waals surface area contributed by atoms with Crippen molar-refractivity contribution in [2.75, 3.05) is 13.2 Å². The molecule has 0 saturated carbocycles. The van der Waals surface area contributed by atoms with Gasteiger partial charge in [0.1, 0.15) is 19.0 Å². The van der Waals surface area contributed by atoms with Crippen LogP contribution in [0.3, 0.4) is 0 Å². The molecule has 0 atom stereocenters. The summed E-state index contributed by atoms with van der Waals surface area (Å²) in [4.78, 5) is 12.1. The Morgan fingerprint density at radius 1 is 1.04 bits per heavy atom. The molecule has 0 fully saturated rings. The molecule has 1 N–H and O–H groups in total. The molecule has 1 heterocycles. The van der Waals surface area contributed by atoms with Crippen LogP contribution in [-0.2, 0) is 6.54 Å². The van der Waals surface area contributed by atoms with Crippen LogP contribution in [0, 0.1) is 0 Å². The number of halogens is 3. The van der Waals surface area contributed by atoms with Crippen LogP contribution in [-0.4, -0.2) is 25.5 Å². The molecule has 0 bridgehead atoms. The number of carbonyl (C=O) groups is 1. The van der Waals surface area contributed by atoms with Gasteiger partial charge < -0.3 is 19.5 Å². The van der Waals surface area contributed by atoms with Crippen LogP contribution >= 0.6 is 0 Å². The molecule has 8 heteroatoms. The molecule has 25 heavy (non-hydrogen) atoms. The zero-order valence-corrected chi connectivity index (χ0v) is 12.9. The molecule has 0 unspecified atom stereocenters. The van der Waals surface area contributed by atoms with E-state index in [0.717, 1.165) is 17.7 Å². The van der Waals surface area contributed by atoms with Crippen molar-refractivity contribution < 1.29 is 32.2 Å². The molecule has 0 radical (unpaired) electrons. The maximum atomic E-state index is 12.1. The lowest BCUT2D eigenvalue weighted by Crippen LogP contribution is -2.23. The standard InChI is InChI=1S/C17H14F3NO4/c18-17(19,20)25-13-4-2-12(3-5-13)16(22)21-10-11-1-6-14-15(9-11)24-8-7-23-14/h1-6,9H,7-8,10H2,(H,21,22). The van der Waals surface area contributed by atoms with Gasteiger partial charge in [-0.05, 0) is 42.0 Å². The van der Waals surface area contributed by atoms with Gasteiger partial charge in [-0.1, -0.05) is 6.07 Å². The fourth-order valence-corrected chi connectivity index (χ4v) is 2.29. The van der Waals surface area contributed by atoms with E-state index in [4.69, 9.17) is 9.47 Å². The summed E-state index contributed by atoms with van der Waals surface area (Å²) in [5.74, 6) is 0.484. The number of carbonyl (C=O) groups excluding carboxylic acids is 1. The third-order valence-electron chi connectivity index (χ3n) is 3.41. The Balaban J connectivity index is 1.59. The number of nitrogens with one attached hydrogen (secondary N) is 1. The lowest BCUT2D eigenvalue weighted by Gasteiger charge is -2.19. The molecule has 0 aromatic heterocycles. The number of hydrogen-bond donors (Lipinski definition) is 1. The van der Waals surface area contributed by atoms with E-state index < -0.39 is 12.3 Å². The lowest BCUT2D eigenvalue weighted by atomic mass is 10.1. The van der Waals surface area contributed by atoms with Gasteiger partial charge >= 0.3 is 6.36 Å². The first-order chi connectivity index (χ1) is 11.9. The van der Waals surface area contributed by atoms with Crippen LogP contribution in [0.1, 0.15) is 15.9 Å². The summed E-state index contributed by atoms with van der Waals surface area (Å²) in [6, 6.07) is 10.0. The minimum atomic E-state index is -4.76. The predicted octanol–water partition coefficient (Wildman–Crippen LogP) is 3.29. The highest BCUT2D eigenvalue weighted by Gasteiger charge is 2.31. The summed E-state index contributed by atoms with van der Waals surface area (Å²) >= 11 is 0. The van der Waals surface area contributed by atoms with Gasteiger partial charge in [0, 0.05) is 12.1 Å². The third kappa shape index (κ3) is 4.56. The van der Waals surface area contributed by atoms with Crippen molar-refractivity contribution in [2.45, 2.75) is 12.9 Å². The summed E-state index contributed by atoms with van der Waals surface area (Å²) in [5.41, 5.74) is 1.04. The van der Waals surface area contributed by atoms with Crippen LogP contribution in [0.2, 0.25) is 0 Å². The van der Waals surface area contributed by atoms with Crippen molar-refractivity contribution >= 4 is 5.91 Å². The van der Waals surface area contributed by atoms with Crippen molar-refractivity contribution in [2.24, 2.45) is 0 Å². The monoisotopic (exact) mass is 353 g/mol. The number of alkyl halides is 3. The van der Waals surface area contributed by atoms with Crippen LogP contribution in [0.4, 0.5) is 13.2 Å². The molecule has 2 aromatic rings. The molecule has 1 aliphatic heterocycles. The number of rotatable bonds is 4. The van der Waals surface area contributed by atoms with Gasteiger partial charge in [0.05, 0.1) is 0 Å². The first-order valence-corrected chi connectivity index (χ1v) is 7.43. The first kappa shape index (κ1) is 16.9. The Morgan fingerprint density at radius 2 is 1.72 bits per heavy atom. The van der Waals surface area contributed by atoms with Gasteiger partial charge in [0.2, 0.25) is 0 Å². The van der Waals surface area contributed by atoms with Crippen molar-refractivity contribution in [3.05, 3.63) is 53.6 Å². The summed E-state index contributed by atoms with van der Waals surface area (Å²) < 4.78 is 51.0. The van der Waals surface area contributed by atoms with Crippen molar-refractivity contribution in [1.29, 1.82) is 0 Å². The lowest BCUT2D eigenvalue weighted by molar-refractivity contribution is -0.274. The van der Waals surface area contributed by atoms with Gasteiger partial charge in [-0.15, -0.1) is 13.2 Å². The largest absolute Gasteiger partial charge is 0.573 e. The molecule has 3 rings (SSSR count). The number of hydrogen-bond acceptors (Lipinski definition) is 4. The van der Waals surface area contributed by atoms with E-state index in [0.29, 0.717) is 24.7 Å². The van der Waals surface area contributed by atoms with E-state index in [1.807, 2.05) is 0 Å². The number of ether oxygens (including phenoxy) is 3. The van der Waals surface area contributed by atoms with Crippen LogP contribution in [0.15, 0.2) is 42.5 Å². The zero-order valence-electron chi connectivity index (χ0n) is 12.9. The maximum Gasteiger partial charge on any atom is 0.573 e. The van der Waals surface area contributed by atoms with Crippen molar-refractivity contribution in [3.63, 3.8) is 0 Å². The van der Waals surface area contributed by atoms with Crippen LogP contribution in [0.25, 0.3) is 0 Å². The quantitative estimate of drug-likeness (QED) is 0.917. The van der Waals surface area contributed by atoms with E-state index in [1.54, 1.807) is 18.2 Å². The summed E-state index contributed by atoms with van der Waals surface area (Å²) in [5, 5.41) is 2.69. The molecular formula is C17H14F3NO4. The Kier molecular flexibility index (Phi) is 4.69. The van der Waals surface area contributed by atoms with Crippen LogP contribution in [0.5, 0.6) is 17.2 Å². The van der Waals surface area contributed by atoms with Crippen molar-refractivity contribution in [3.8, 4) is 17.2 Å². The second-order valence-corrected chi connectivity index (χ2v) is 5.23. The fraction of sp³-hybridized carbons (Fsp3) is 0.235. The molecule has 0 aliphatic carbocycles. The molecule has 2 aromatic carbocycles. The van der Waals surface area contributed by atoms with E-state index >= 15 is 0 Å². The predicted molar refractivity (Wildman–Crippen MR) is 81.7 cm³/mol. The summed E-state index contributed by atoms with van der Waals surface area (Å²) in [6.07, 6.45) is -4.76. The Hall–Kier alpha value is -2.90. The normalized spacial score (nSPS) is 13.2. The number of amides is 1. The molecule has 0 spiro atoms. The van der Waals surface area contributed by atoms with Crippen LogP contribution < -0.4 is 19.5 Å². The van der Waals surface area contributed by atoms with Crippen molar-refractivity contribution in [1.82, 2.24) is 5.32 Å². The zero-order chi connectivity index (χ0) is 17.9. The van der Waals surface area contributed by atoms with Gasteiger partial charge in [0.15, 0.2) is 11.5 Å². The average Bonchev–Trinajstić information content (AvgIpc) is 2.59. The molecular weight excluding hydrogens is 339 g/mol. The molecule has 5 nitrogen and oxygen atoms in total. The minimum Gasteiger partial charge on any atom is -0.486 e. The average molecular weight is 353 g/mol. The van der Waals surface area contributed by atoms with E-state index in [9.17, 15) is 18.0 Å². The second kappa shape index (κ2) is 6.92. The van der Waals surface area contributed by atoms with E-state index in [-0.39, 0.29) is 17.9 Å². The third-order valence-corrected chi connectivity index (χ3v) is 3.41. The molecule has 1 aliphatic rings. The summed E-state index contributed by atoms with van der Waals surface area (Å²) in [6.45, 7) is 1.21. The Labute approximate surface area is 141 Å². The van der Waals surface area contributed by atoms with Gasteiger partial charge in [0.25, 0.3) is 5.91 Å². The highest BCUT2D eigenvalue weighted by atomic mass is 19.4. The SMILES string of the molecule is O=C(NCc1ccc2c(c1)OCCO2)c1ccc(OC(F)(F)F)cc1. The fourth-order valence-electron chi connectivity index (χ4n) is 2.29. The number of benzene rings is 2.